The van der Waals surface area contributed by atoms with E-state index in [9.17, 15) is 13.2 Å². The van der Waals surface area contributed by atoms with E-state index >= 15 is 0 Å². The van der Waals surface area contributed by atoms with E-state index in [4.69, 9.17) is 4.74 Å². The highest BCUT2D eigenvalue weighted by Gasteiger charge is 2.27. The maximum atomic E-state index is 11.7. The van der Waals surface area contributed by atoms with Crippen molar-refractivity contribution in [3.63, 3.8) is 0 Å². The Morgan fingerprint density at radius 1 is 1.20 bits per heavy atom. The van der Waals surface area contributed by atoms with Crippen molar-refractivity contribution < 1.29 is 17.9 Å². The lowest BCUT2D eigenvalue weighted by atomic mass is 10.1. The van der Waals surface area contributed by atoms with Gasteiger partial charge in [0.05, 0.1) is 19.1 Å². The molecular weight excluding hydrogens is 205 g/mol. The molecular formula is C11H20F3O. The predicted molar refractivity (Wildman–Crippen MR) is 54.5 cm³/mol. The number of hydrogen-bond donors (Lipinski definition) is 0. The lowest BCUT2D eigenvalue weighted by molar-refractivity contribution is -0.108. The Balaban J connectivity index is 3.29. The average molecular weight is 225 g/mol. The first-order valence-corrected chi connectivity index (χ1v) is 5.48. The Morgan fingerprint density at radius 2 is 1.87 bits per heavy atom. The molecule has 1 atom stereocenters. The minimum absolute atomic E-state index is 0.0829. The summed E-state index contributed by atoms with van der Waals surface area (Å²) < 4.78 is 40.2. The summed E-state index contributed by atoms with van der Waals surface area (Å²) in [5, 5.41) is 0. The maximum absolute atomic E-state index is 11.7. The summed E-state index contributed by atoms with van der Waals surface area (Å²) in [7, 11) is 0. The molecule has 0 aliphatic heterocycles. The molecule has 0 rings (SSSR count). The minimum atomic E-state index is -4.22. The molecule has 0 saturated carbocycles. The molecule has 0 N–H and O–H groups in total. The fourth-order valence-corrected chi connectivity index (χ4v) is 1.25. The van der Waals surface area contributed by atoms with Crippen molar-refractivity contribution in [2.24, 2.45) is 0 Å². The van der Waals surface area contributed by atoms with Crippen LogP contribution in [0.1, 0.15) is 46.0 Å². The highest BCUT2D eigenvalue weighted by atomic mass is 19.4. The largest absolute Gasteiger partial charge is 0.394 e. The number of ether oxygens (including phenoxy) is 1. The van der Waals surface area contributed by atoms with E-state index in [1.165, 1.54) is 6.42 Å². The Hall–Kier alpha value is -0.250. The van der Waals surface area contributed by atoms with Crippen molar-refractivity contribution in [2.75, 3.05) is 6.61 Å². The second-order valence-electron chi connectivity index (χ2n) is 3.74. The maximum Gasteiger partial charge on any atom is 0.394 e. The van der Waals surface area contributed by atoms with Gasteiger partial charge in [0.1, 0.15) is 0 Å². The zero-order valence-corrected chi connectivity index (χ0v) is 9.44. The van der Waals surface area contributed by atoms with Gasteiger partial charge in [-0.1, -0.05) is 32.6 Å². The third kappa shape index (κ3) is 11.7. The van der Waals surface area contributed by atoms with Gasteiger partial charge in [0.25, 0.3) is 0 Å². The molecule has 0 spiro atoms. The average Bonchev–Trinajstić information content (AvgIpc) is 2.10. The van der Waals surface area contributed by atoms with Crippen LogP contribution < -0.4 is 0 Å². The Bertz CT molecular complexity index is 145. The van der Waals surface area contributed by atoms with Crippen LogP contribution in [0.15, 0.2) is 0 Å². The van der Waals surface area contributed by atoms with Crippen LogP contribution in [0.3, 0.4) is 0 Å². The van der Waals surface area contributed by atoms with Crippen LogP contribution in [-0.4, -0.2) is 18.9 Å². The first-order chi connectivity index (χ1) is 6.95. The van der Waals surface area contributed by atoms with Gasteiger partial charge in [-0.3, -0.25) is 0 Å². The van der Waals surface area contributed by atoms with Crippen LogP contribution in [0.4, 0.5) is 13.2 Å². The highest BCUT2D eigenvalue weighted by Crippen LogP contribution is 2.18. The molecule has 0 bridgehead atoms. The third-order valence-electron chi connectivity index (χ3n) is 2.16. The van der Waals surface area contributed by atoms with Gasteiger partial charge in [-0.05, 0) is 13.3 Å². The van der Waals surface area contributed by atoms with Gasteiger partial charge in [-0.25, -0.2) is 0 Å². The second-order valence-corrected chi connectivity index (χ2v) is 3.74. The molecule has 1 radical (unpaired) electrons. The van der Waals surface area contributed by atoms with Crippen molar-refractivity contribution in [1.82, 2.24) is 0 Å². The molecule has 0 aromatic heterocycles. The van der Waals surface area contributed by atoms with E-state index in [1.807, 2.05) is 6.92 Å². The van der Waals surface area contributed by atoms with Gasteiger partial charge in [0.15, 0.2) is 0 Å². The first-order valence-electron chi connectivity index (χ1n) is 5.48. The normalized spacial score (nSPS) is 14.2. The molecule has 91 valence electrons. The van der Waals surface area contributed by atoms with Crippen molar-refractivity contribution >= 4 is 0 Å². The molecule has 0 saturated heterocycles. The standard InChI is InChI=1S/C11H20F3O/c1-3-4-5-6-7-10(2)15-9-8-11(12,13)14/h8,10H,3-7,9H2,1-2H3. The van der Waals surface area contributed by atoms with Gasteiger partial charge >= 0.3 is 6.18 Å². The number of unbranched alkanes of at least 4 members (excludes halogenated alkanes) is 3. The van der Waals surface area contributed by atoms with Crippen molar-refractivity contribution in [3.05, 3.63) is 6.42 Å². The van der Waals surface area contributed by atoms with Gasteiger partial charge < -0.3 is 4.74 Å². The van der Waals surface area contributed by atoms with E-state index in [0.29, 0.717) is 0 Å². The van der Waals surface area contributed by atoms with Crippen LogP contribution in [0.2, 0.25) is 0 Å². The van der Waals surface area contributed by atoms with E-state index in [0.717, 1.165) is 25.7 Å². The Morgan fingerprint density at radius 3 is 2.40 bits per heavy atom. The summed E-state index contributed by atoms with van der Waals surface area (Å²) in [6, 6.07) is 0. The van der Waals surface area contributed by atoms with Gasteiger partial charge in [-0.2, -0.15) is 13.2 Å². The molecule has 0 fully saturated rings. The molecule has 0 heterocycles. The number of halogens is 3. The lowest BCUT2D eigenvalue weighted by Gasteiger charge is -2.13. The smallest absolute Gasteiger partial charge is 0.378 e. The molecule has 15 heavy (non-hydrogen) atoms. The van der Waals surface area contributed by atoms with E-state index in [-0.39, 0.29) is 19.1 Å². The summed E-state index contributed by atoms with van der Waals surface area (Å²) in [6.07, 6.45) is 1.29. The van der Waals surface area contributed by atoms with Crippen molar-refractivity contribution in [3.8, 4) is 0 Å². The third-order valence-corrected chi connectivity index (χ3v) is 2.16. The minimum Gasteiger partial charge on any atom is -0.378 e. The van der Waals surface area contributed by atoms with Crippen LogP contribution in [0.25, 0.3) is 0 Å². The fourth-order valence-electron chi connectivity index (χ4n) is 1.25. The van der Waals surface area contributed by atoms with Gasteiger partial charge in [-0.15, -0.1) is 0 Å². The lowest BCUT2D eigenvalue weighted by Crippen LogP contribution is -2.16. The topological polar surface area (TPSA) is 9.23 Å². The highest BCUT2D eigenvalue weighted by molar-refractivity contribution is 4.73. The molecule has 0 aromatic rings. The molecule has 1 unspecified atom stereocenters. The monoisotopic (exact) mass is 225 g/mol. The predicted octanol–water partition coefficient (Wildman–Crippen LogP) is 4.13. The zero-order valence-electron chi connectivity index (χ0n) is 9.44. The zero-order chi connectivity index (χ0) is 11.7. The molecule has 1 nitrogen and oxygen atoms in total. The fraction of sp³-hybridized carbons (Fsp3) is 0.909. The SMILES string of the molecule is CCCCCCC(C)OC[CH]C(F)(F)F. The van der Waals surface area contributed by atoms with Crippen LogP contribution in [0.5, 0.6) is 0 Å². The van der Waals surface area contributed by atoms with E-state index in [2.05, 4.69) is 6.92 Å². The molecule has 4 heteroatoms. The molecule has 0 aliphatic carbocycles. The quantitative estimate of drug-likeness (QED) is 0.564. The molecule has 0 aliphatic rings. The van der Waals surface area contributed by atoms with Crippen molar-refractivity contribution in [1.29, 1.82) is 0 Å². The Labute approximate surface area is 90.0 Å². The molecule has 0 aromatic carbocycles. The van der Waals surface area contributed by atoms with Crippen LogP contribution in [-0.2, 0) is 4.74 Å². The summed E-state index contributed by atoms with van der Waals surface area (Å²) in [5.41, 5.74) is 0. The first kappa shape index (κ1) is 14.8. The summed E-state index contributed by atoms with van der Waals surface area (Å²) in [6.45, 7) is 3.60. The van der Waals surface area contributed by atoms with Crippen LogP contribution in [0, 0.1) is 6.42 Å². The summed E-state index contributed by atoms with van der Waals surface area (Å²) in [4.78, 5) is 0. The second kappa shape index (κ2) is 7.97. The van der Waals surface area contributed by atoms with Crippen LogP contribution >= 0.6 is 0 Å². The van der Waals surface area contributed by atoms with Gasteiger partial charge in [0, 0.05) is 0 Å². The van der Waals surface area contributed by atoms with E-state index in [1.54, 1.807) is 0 Å². The number of hydrogen-bond acceptors (Lipinski definition) is 1. The number of alkyl halides is 3. The Kier molecular flexibility index (Phi) is 7.83. The van der Waals surface area contributed by atoms with E-state index < -0.39 is 6.18 Å². The summed E-state index contributed by atoms with van der Waals surface area (Å²) in [5.74, 6) is 0. The van der Waals surface area contributed by atoms with Gasteiger partial charge in [0.2, 0.25) is 0 Å². The molecule has 0 amide bonds. The number of rotatable bonds is 8. The summed E-state index contributed by atoms with van der Waals surface area (Å²) >= 11 is 0. The van der Waals surface area contributed by atoms with Crippen molar-refractivity contribution in [2.45, 2.75) is 58.2 Å².